The molecule has 0 radical (unpaired) electrons. The Kier molecular flexibility index (Phi) is 3.99. The lowest BCUT2D eigenvalue weighted by molar-refractivity contribution is -0.151. The number of carbonyl (C=O) groups excluding carboxylic acids is 2. The maximum absolute atomic E-state index is 12.7. The second-order valence-corrected chi connectivity index (χ2v) is 6.46. The smallest absolute Gasteiger partial charge is 0.312 e. The standard InChI is InChI=1S/C16H23NO5/c1-10(2)21-8-4-7-17-9-16-6-5-11(22-16)12(15(19)20-3)13(16)14(17)18/h5-6,10-13H,4,7-9H2,1-3H3/t11-,12-,13-,16+/m0/s1. The van der Waals surface area contributed by atoms with E-state index in [2.05, 4.69) is 0 Å². The van der Waals surface area contributed by atoms with Gasteiger partial charge in [-0.15, -0.1) is 0 Å². The van der Waals surface area contributed by atoms with E-state index in [-0.39, 0.29) is 24.1 Å². The van der Waals surface area contributed by atoms with Crippen molar-refractivity contribution in [1.82, 2.24) is 4.90 Å². The molecule has 2 saturated heterocycles. The van der Waals surface area contributed by atoms with Crippen molar-refractivity contribution in [1.29, 1.82) is 0 Å². The Labute approximate surface area is 130 Å². The summed E-state index contributed by atoms with van der Waals surface area (Å²) in [5.74, 6) is -1.33. The largest absolute Gasteiger partial charge is 0.469 e. The molecular weight excluding hydrogens is 286 g/mol. The summed E-state index contributed by atoms with van der Waals surface area (Å²) < 4.78 is 16.3. The van der Waals surface area contributed by atoms with Gasteiger partial charge in [0.05, 0.1) is 31.8 Å². The highest BCUT2D eigenvalue weighted by Gasteiger charge is 2.67. The number of methoxy groups -OCH3 is 1. The van der Waals surface area contributed by atoms with Crippen LogP contribution in [0.2, 0.25) is 0 Å². The third-order valence-corrected chi connectivity index (χ3v) is 4.68. The first-order chi connectivity index (χ1) is 10.5. The third-order valence-electron chi connectivity index (χ3n) is 4.68. The number of rotatable bonds is 6. The second kappa shape index (κ2) is 5.66. The van der Waals surface area contributed by atoms with Gasteiger partial charge >= 0.3 is 5.97 Å². The summed E-state index contributed by atoms with van der Waals surface area (Å²) in [4.78, 5) is 26.5. The van der Waals surface area contributed by atoms with Crippen molar-refractivity contribution in [2.75, 3.05) is 26.8 Å². The van der Waals surface area contributed by atoms with Crippen LogP contribution < -0.4 is 0 Å². The first-order valence-corrected chi connectivity index (χ1v) is 7.84. The number of esters is 1. The van der Waals surface area contributed by atoms with Crippen LogP contribution in [0.1, 0.15) is 20.3 Å². The number of likely N-dealkylation sites (tertiary alicyclic amines) is 1. The fourth-order valence-corrected chi connectivity index (χ4v) is 3.75. The van der Waals surface area contributed by atoms with Gasteiger partial charge in [0, 0.05) is 13.2 Å². The zero-order valence-corrected chi connectivity index (χ0v) is 13.3. The average Bonchev–Trinajstić information content (AvgIpc) is 3.11. The zero-order valence-electron chi connectivity index (χ0n) is 13.3. The van der Waals surface area contributed by atoms with Crippen LogP contribution in [-0.2, 0) is 23.8 Å². The van der Waals surface area contributed by atoms with Gasteiger partial charge in [0.2, 0.25) is 5.91 Å². The Balaban J connectivity index is 1.66. The van der Waals surface area contributed by atoms with Gasteiger partial charge in [0.15, 0.2) is 0 Å². The van der Waals surface area contributed by atoms with Crippen molar-refractivity contribution >= 4 is 11.9 Å². The van der Waals surface area contributed by atoms with Crippen LogP contribution in [-0.4, -0.2) is 61.4 Å². The quantitative estimate of drug-likeness (QED) is 0.412. The first kappa shape index (κ1) is 15.5. The predicted molar refractivity (Wildman–Crippen MR) is 78.0 cm³/mol. The number of nitrogens with zero attached hydrogens (tertiary/aromatic N) is 1. The summed E-state index contributed by atoms with van der Waals surface area (Å²) in [7, 11) is 1.35. The van der Waals surface area contributed by atoms with Gasteiger partial charge in [-0.05, 0) is 20.3 Å². The van der Waals surface area contributed by atoms with Crippen molar-refractivity contribution in [2.45, 2.75) is 38.1 Å². The van der Waals surface area contributed by atoms with E-state index in [9.17, 15) is 9.59 Å². The van der Waals surface area contributed by atoms with Crippen LogP contribution in [0.4, 0.5) is 0 Å². The number of hydrogen-bond acceptors (Lipinski definition) is 5. The topological polar surface area (TPSA) is 65.1 Å². The highest BCUT2D eigenvalue weighted by atomic mass is 16.5. The molecule has 3 rings (SSSR count). The van der Waals surface area contributed by atoms with E-state index >= 15 is 0 Å². The molecule has 2 fully saturated rings. The molecule has 6 heteroatoms. The third kappa shape index (κ3) is 2.34. The Hall–Kier alpha value is -1.40. The van der Waals surface area contributed by atoms with Crippen LogP contribution in [0.25, 0.3) is 0 Å². The highest BCUT2D eigenvalue weighted by molar-refractivity contribution is 5.91. The van der Waals surface area contributed by atoms with Gasteiger partial charge in [-0.3, -0.25) is 9.59 Å². The molecule has 0 aromatic carbocycles. The summed E-state index contributed by atoms with van der Waals surface area (Å²) in [6.07, 6.45) is 4.48. The minimum atomic E-state index is -0.639. The summed E-state index contributed by atoms with van der Waals surface area (Å²) in [6.45, 7) is 5.74. The van der Waals surface area contributed by atoms with Crippen LogP contribution in [0.15, 0.2) is 12.2 Å². The Bertz CT molecular complexity index is 503. The fraction of sp³-hybridized carbons (Fsp3) is 0.750. The molecule has 0 saturated carbocycles. The van der Waals surface area contributed by atoms with Gasteiger partial charge < -0.3 is 19.1 Å². The monoisotopic (exact) mass is 309 g/mol. The molecule has 2 bridgehead atoms. The second-order valence-electron chi connectivity index (χ2n) is 6.46. The van der Waals surface area contributed by atoms with Crippen LogP contribution in [0, 0.1) is 11.8 Å². The number of carbonyl (C=O) groups is 2. The molecule has 1 amide bonds. The van der Waals surface area contributed by atoms with Crippen molar-refractivity contribution in [3.63, 3.8) is 0 Å². The molecule has 122 valence electrons. The molecule has 4 atom stereocenters. The molecule has 0 aromatic heterocycles. The minimum Gasteiger partial charge on any atom is -0.469 e. The zero-order chi connectivity index (χ0) is 15.9. The fourth-order valence-electron chi connectivity index (χ4n) is 3.75. The number of ether oxygens (including phenoxy) is 3. The lowest BCUT2D eigenvalue weighted by Crippen LogP contribution is -2.39. The van der Waals surface area contributed by atoms with Crippen LogP contribution in [0.3, 0.4) is 0 Å². The summed E-state index contributed by atoms with van der Waals surface area (Å²) in [6, 6.07) is 0. The Morgan fingerprint density at radius 1 is 1.55 bits per heavy atom. The molecule has 1 spiro atoms. The number of fused-ring (bicyclic) bond motifs is 1. The molecule has 0 N–H and O–H groups in total. The van der Waals surface area contributed by atoms with Crippen LogP contribution >= 0.6 is 0 Å². The van der Waals surface area contributed by atoms with Crippen molar-refractivity contribution < 1.29 is 23.8 Å². The summed E-state index contributed by atoms with van der Waals surface area (Å²) >= 11 is 0. The molecule has 22 heavy (non-hydrogen) atoms. The van der Waals surface area contributed by atoms with Gasteiger partial charge in [0.25, 0.3) is 0 Å². The maximum Gasteiger partial charge on any atom is 0.312 e. The summed E-state index contributed by atoms with van der Waals surface area (Å²) in [5.41, 5.74) is -0.639. The number of amides is 1. The van der Waals surface area contributed by atoms with E-state index < -0.39 is 17.4 Å². The average molecular weight is 309 g/mol. The lowest BCUT2D eigenvalue weighted by atomic mass is 9.77. The highest BCUT2D eigenvalue weighted by Crippen LogP contribution is 2.52. The van der Waals surface area contributed by atoms with Gasteiger partial charge in [0.1, 0.15) is 11.5 Å². The Morgan fingerprint density at radius 3 is 3.00 bits per heavy atom. The van der Waals surface area contributed by atoms with Crippen molar-refractivity contribution in [3.05, 3.63) is 12.2 Å². The summed E-state index contributed by atoms with van der Waals surface area (Å²) in [5, 5.41) is 0. The SMILES string of the molecule is COC(=O)[C@H]1[C@@H]2C=C[C@]3(CN(CCCOC(C)C)C(=O)[C@H]13)O2. The van der Waals surface area contributed by atoms with Crippen LogP contribution in [0.5, 0.6) is 0 Å². The van der Waals surface area contributed by atoms with Crippen molar-refractivity contribution in [2.24, 2.45) is 11.8 Å². The molecular formula is C16H23NO5. The molecule has 3 aliphatic heterocycles. The first-order valence-electron chi connectivity index (χ1n) is 7.84. The normalized spacial score (nSPS) is 35.5. The molecule has 3 heterocycles. The lowest BCUT2D eigenvalue weighted by Gasteiger charge is -2.22. The number of hydrogen-bond donors (Lipinski definition) is 0. The Morgan fingerprint density at radius 2 is 2.32 bits per heavy atom. The molecule has 0 aliphatic carbocycles. The van der Waals surface area contributed by atoms with Gasteiger partial charge in [-0.2, -0.15) is 0 Å². The molecule has 6 nitrogen and oxygen atoms in total. The maximum atomic E-state index is 12.7. The van der Waals surface area contributed by atoms with E-state index in [0.717, 1.165) is 6.42 Å². The van der Waals surface area contributed by atoms with E-state index in [1.54, 1.807) is 4.90 Å². The molecule has 3 aliphatic rings. The predicted octanol–water partition coefficient (Wildman–Crippen LogP) is 0.756. The molecule has 0 unspecified atom stereocenters. The van der Waals surface area contributed by atoms with E-state index in [4.69, 9.17) is 14.2 Å². The van der Waals surface area contributed by atoms with Gasteiger partial charge in [-0.25, -0.2) is 0 Å². The molecule has 0 aromatic rings. The minimum absolute atomic E-state index is 0.00760. The van der Waals surface area contributed by atoms with E-state index in [0.29, 0.717) is 19.7 Å². The van der Waals surface area contributed by atoms with Crippen molar-refractivity contribution in [3.8, 4) is 0 Å². The van der Waals surface area contributed by atoms with E-state index in [1.165, 1.54) is 7.11 Å². The van der Waals surface area contributed by atoms with E-state index in [1.807, 2.05) is 26.0 Å². The van der Waals surface area contributed by atoms with Gasteiger partial charge in [-0.1, -0.05) is 12.2 Å².